The number of anilines is 1. The Morgan fingerprint density at radius 1 is 1.05 bits per heavy atom. The number of hydrogen-bond acceptors (Lipinski definition) is 2. The molecule has 3 heteroatoms. The second kappa shape index (κ2) is 8.35. The number of amides is 1. The van der Waals surface area contributed by atoms with Crippen molar-refractivity contribution in [1.82, 2.24) is 5.32 Å². The summed E-state index contributed by atoms with van der Waals surface area (Å²) >= 11 is 0. The van der Waals surface area contributed by atoms with Crippen LogP contribution in [0, 0.1) is 6.92 Å². The van der Waals surface area contributed by atoms with Crippen LogP contribution in [0.2, 0.25) is 0 Å². The van der Waals surface area contributed by atoms with Crippen molar-refractivity contribution < 1.29 is 4.79 Å². The molecule has 0 saturated carbocycles. The molecular weight excluding hydrogens is 272 g/mol. The van der Waals surface area contributed by atoms with E-state index in [0.29, 0.717) is 6.42 Å². The van der Waals surface area contributed by atoms with E-state index in [4.69, 9.17) is 0 Å². The molecule has 0 bridgehead atoms. The zero-order valence-electron chi connectivity index (χ0n) is 13.4. The minimum Gasteiger partial charge on any atom is -0.326 e. The molecule has 0 aliphatic rings. The van der Waals surface area contributed by atoms with E-state index in [9.17, 15) is 4.79 Å². The fourth-order valence-corrected chi connectivity index (χ4v) is 2.26. The normalized spacial score (nSPS) is 10.5. The number of hydrogen-bond donors (Lipinski definition) is 2. The van der Waals surface area contributed by atoms with E-state index in [1.54, 1.807) is 0 Å². The highest BCUT2D eigenvalue weighted by Crippen LogP contribution is 2.12. The Bertz CT molecular complexity index is 605. The van der Waals surface area contributed by atoms with Crippen LogP contribution in [0.15, 0.2) is 48.5 Å². The van der Waals surface area contributed by atoms with Gasteiger partial charge >= 0.3 is 0 Å². The molecule has 116 valence electrons. The van der Waals surface area contributed by atoms with Gasteiger partial charge in [-0.05, 0) is 43.1 Å². The molecule has 2 aromatic carbocycles. The van der Waals surface area contributed by atoms with Crippen LogP contribution in [-0.2, 0) is 17.8 Å². The van der Waals surface area contributed by atoms with Crippen molar-refractivity contribution in [3.63, 3.8) is 0 Å². The van der Waals surface area contributed by atoms with Crippen molar-refractivity contribution in [2.45, 2.75) is 33.2 Å². The molecule has 0 atom stereocenters. The lowest BCUT2D eigenvalue weighted by molar-refractivity contribution is -0.116. The Hall–Kier alpha value is -2.13. The van der Waals surface area contributed by atoms with Crippen molar-refractivity contribution in [3.8, 4) is 0 Å². The minimum absolute atomic E-state index is 0.0566. The van der Waals surface area contributed by atoms with Crippen molar-refractivity contribution in [2.75, 3.05) is 11.9 Å². The number of carbonyl (C=O) groups excluding carboxylic acids is 1. The van der Waals surface area contributed by atoms with Crippen LogP contribution < -0.4 is 10.6 Å². The highest BCUT2D eigenvalue weighted by atomic mass is 16.1. The zero-order chi connectivity index (χ0) is 15.8. The number of benzene rings is 2. The summed E-state index contributed by atoms with van der Waals surface area (Å²) in [6.07, 6.45) is 1.27. The maximum atomic E-state index is 12.1. The van der Waals surface area contributed by atoms with Crippen molar-refractivity contribution in [1.29, 1.82) is 0 Å². The standard InChI is InChI=1S/C19H24N2O/c1-3-20-14-17-5-4-6-18(13-17)21-19(22)12-11-16-9-7-15(2)8-10-16/h4-10,13,20H,3,11-12,14H2,1-2H3,(H,21,22). The lowest BCUT2D eigenvalue weighted by Gasteiger charge is -2.08. The number of rotatable bonds is 7. The molecule has 0 aliphatic carbocycles. The van der Waals surface area contributed by atoms with Crippen LogP contribution in [0.25, 0.3) is 0 Å². The van der Waals surface area contributed by atoms with Gasteiger partial charge in [-0.2, -0.15) is 0 Å². The van der Waals surface area contributed by atoms with Crippen LogP contribution >= 0.6 is 0 Å². The van der Waals surface area contributed by atoms with E-state index >= 15 is 0 Å². The second-order valence-electron chi connectivity index (χ2n) is 5.51. The monoisotopic (exact) mass is 296 g/mol. The van der Waals surface area contributed by atoms with Gasteiger partial charge in [0.1, 0.15) is 0 Å². The summed E-state index contributed by atoms with van der Waals surface area (Å²) in [5, 5.41) is 6.26. The summed E-state index contributed by atoms with van der Waals surface area (Å²) in [7, 11) is 0. The van der Waals surface area contributed by atoms with Gasteiger partial charge in [-0.25, -0.2) is 0 Å². The lowest BCUT2D eigenvalue weighted by atomic mass is 10.1. The third-order valence-corrected chi connectivity index (χ3v) is 3.55. The van der Waals surface area contributed by atoms with E-state index in [-0.39, 0.29) is 5.91 Å². The molecule has 2 aromatic rings. The smallest absolute Gasteiger partial charge is 0.224 e. The van der Waals surface area contributed by atoms with Crippen LogP contribution in [-0.4, -0.2) is 12.5 Å². The molecule has 0 unspecified atom stereocenters. The molecule has 0 saturated heterocycles. The molecule has 1 amide bonds. The fraction of sp³-hybridized carbons (Fsp3) is 0.316. The van der Waals surface area contributed by atoms with E-state index in [2.05, 4.69) is 54.8 Å². The zero-order valence-corrected chi connectivity index (χ0v) is 13.4. The summed E-state index contributed by atoms with van der Waals surface area (Å²) < 4.78 is 0. The predicted molar refractivity (Wildman–Crippen MR) is 92.0 cm³/mol. The topological polar surface area (TPSA) is 41.1 Å². The van der Waals surface area contributed by atoms with Gasteiger partial charge in [-0.15, -0.1) is 0 Å². The number of nitrogens with one attached hydrogen (secondary N) is 2. The first-order valence-corrected chi connectivity index (χ1v) is 7.82. The number of aryl methyl sites for hydroxylation is 2. The Balaban J connectivity index is 1.85. The molecule has 0 aromatic heterocycles. The first kappa shape index (κ1) is 16.2. The second-order valence-corrected chi connectivity index (χ2v) is 5.51. The van der Waals surface area contributed by atoms with Crippen LogP contribution in [0.3, 0.4) is 0 Å². The summed E-state index contributed by atoms with van der Waals surface area (Å²) in [4.78, 5) is 12.1. The minimum atomic E-state index is 0.0566. The Kier molecular flexibility index (Phi) is 6.16. The average molecular weight is 296 g/mol. The molecule has 2 rings (SSSR count). The van der Waals surface area contributed by atoms with Gasteiger partial charge in [0, 0.05) is 18.7 Å². The van der Waals surface area contributed by atoms with Gasteiger partial charge in [-0.3, -0.25) is 4.79 Å². The van der Waals surface area contributed by atoms with E-state index in [1.165, 1.54) is 16.7 Å². The molecule has 0 radical (unpaired) electrons. The van der Waals surface area contributed by atoms with Gasteiger partial charge in [0.25, 0.3) is 0 Å². The predicted octanol–water partition coefficient (Wildman–Crippen LogP) is 3.68. The Labute approximate surface area is 132 Å². The van der Waals surface area contributed by atoms with Crippen LogP contribution in [0.5, 0.6) is 0 Å². The Morgan fingerprint density at radius 3 is 2.55 bits per heavy atom. The molecular formula is C19H24N2O. The number of carbonyl (C=O) groups is 1. The van der Waals surface area contributed by atoms with Gasteiger partial charge in [-0.1, -0.05) is 48.9 Å². The van der Waals surface area contributed by atoms with E-state index in [0.717, 1.165) is 25.2 Å². The third-order valence-electron chi connectivity index (χ3n) is 3.55. The maximum absolute atomic E-state index is 12.1. The third kappa shape index (κ3) is 5.34. The summed E-state index contributed by atoms with van der Waals surface area (Å²) in [5.74, 6) is 0.0566. The van der Waals surface area contributed by atoms with Gasteiger partial charge < -0.3 is 10.6 Å². The largest absolute Gasteiger partial charge is 0.326 e. The van der Waals surface area contributed by atoms with E-state index in [1.807, 2.05) is 18.2 Å². The summed E-state index contributed by atoms with van der Waals surface area (Å²) in [6, 6.07) is 16.3. The summed E-state index contributed by atoms with van der Waals surface area (Å²) in [5.41, 5.74) is 4.48. The first-order chi connectivity index (χ1) is 10.7. The van der Waals surface area contributed by atoms with Crippen molar-refractivity contribution >= 4 is 11.6 Å². The molecule has 0 heterocycles. The SMILES string of the molecule is CCNCc1cccc(NC(=O)CCc2ccc(C)cc2)c1. The molecule has 0 fully saturated rings. The Morgan fingerprint density at radius 2 is 1.82 bits per heavy atom. The molecule has 3 nitrogen and oxygen atoms in total. The molecule has 22 heavy (non-hydrogen) atoms. The molecule has 0 spiro atoms. The van der Waals surface area contributed by atoms with Gasteiger partial charge in [0.05, 0.1) is 0 Å². The molecule has 0 aliphatic heterocycles. The lowest BCUT2D eigenvalue weighted by Crippen LogP contribution is -2.14. The quantitative estimate of drug-likeness (QED) is 0.818. The highest BCUT2D eigenvalue weighted by Gasteiger charge is 2.04. The van der Waals surface area contributed by atoms with Crippen LogP contribution in [0.1, 0.15) is 30.0 Å². The van der Waals surface area contributed by atoms with Crippen molar-refractivity contribution in [2.24, 2.45) is 0 Å². The fourth-order valence-electron chi connectivity index (χ4n) is 2.26. The average Bonchev–Trinajstić information content (AvgIpc) is 2.53. The molecule has 2 N–H and O–H groups in total. The van der Waals surface area contributed by atoms with Crippen LogP contribution in [0.4, 0.5) is 5.69 Å². The summed E-state index contributed by atoms with van der Waals surface area (Å²) in [6.45, 7) is 5.91. The maximum Gasteiger partial charge on any atom is 0.224 e. The highest BCUT2D eigenvalue weighted by molar-refractivity contribution is 5.90. The van der Waals surface area contributed by atoms with Gasteiger partial charge in [0.15, 0.2) is 0 Å². The van der Waals surface area contributed by atoms with Crippen molar-refractivity contribution in [3.05, 3.63) is 65.2 Å². The van der Waals surface area contributed by atoms with E-state index < -0.39 is 0 Å². The first-order valence-electron chi connectivity index (χ1n) is 7.82. The van der Waals surface area contributed by atoms with Gasteiger partial charge in [0.2, 0.25) is 5.91 Å².